The van der Waals surface area contributed by atoms with E-state index in [0.29, 0.717) is 4.80 Å². The van der Waals surface area contributed by atoms with Crippen LogP contribution in [0.2, 0.25) is 0 Å². The summed E-state index contributed by atoms with van der Waals surface area (Å²) in [5, 5.41) is 4.05. The molecule has 1 heterocycles. The maximum Gasteiger partial charge on any atom is 0.416 e. The molecule has 0 atom stereocenters. The average molecular weight is 301 g/mol. The van der Waals surface area contributed by atoms with Gasteiger partial charge in [0.25, 0.3) is 0 Å². The van der Waals surface area contributed by atoms with Crippen LogP contribution in [0.5, 0.6) is 0 Å². The number of carbonyl (C=O) groups is 1. The number of hydrogen-bond donors (Lipinski definition) is 1. The van der Waals surface area contributed by atoms with Gasteiger partial charge in [0, 0.05) is 24.3 Å². The predicted octanol–water partition coefficient (Wildman–Crippen LogP) is 3.24. The Morgan fingerprint density at radius 2 is 2.15 bits per heavy atom. The Balaban J connectivity index is 2.19. The summed E-state index contributed by atoms with van der Waals surface area (Å²) in [6, 6.07) is 3.68. The Hall–Kier alpha value is -2.09. The molecule has 0 radical (unpaired) electrons. The number of halogens is 3. The van der Waals surface area contributed by atoms with Crippen molar-refractivity contribution in [3.05, 3.63) is 46.2 Å². The van der Waals surface area contributed by atoms with E-state index >= 15 is 0 Å². The molecule has 0 unspecified atom stereocenters. The zero-order valence-electron chi connectivity index (χ0n) is 10.3. The van der Waals surface area contributed by atoms with Crippen LogP contribution < -0.4 is 10.1 Å². The molecule has 0 spiro atoms. The SMILES string of the molecule is Cn1ccs/c1=N/C(=O)Nc1cccc(C(F)(F)F)c1. The molecule has 0 saturated carbocycles. The van der Waals surface area contributed by atoms with Gasteiger partial charge < -0.3 is 9.88 Å². The van der Waals surface area contributed by atoms with E-state index in [1.807, 2.05) is 0 Å². The highest BCUT2D eigenvalue weighted by molar-refractivity contribution is 7.07. The fourth-order valence-electron chi connectivity index (χ4n) is 1.45. The van der Waals surface area contributed by atoms with Crippen molar-refractivity contribution >= 4 is 23.1 Å². The first kappa shape index (κ1) is 14.3. The van der Waals surface area contributed by atoms with E-state index in [4.69, 9.17) is 0 Å². The Labute approximate surface area is 116 Å². The number of hydrogen-bond acceptors (Lipinski definition) is 2. The average Bonchev–Trinajstić information content (AvgIpc) is 2.74. The van der Waals surface area contributed by atoms with Gasteiger partial charge in [-0.3, -0.25) is 0 Å². The summed E-state index contributed by atoms with van der Waals surface area (Å²) in [4.78, 5) is 15.8. The lowest BCUT2D eigenvalue weighted by Gasteiger charge is -2.08. The summed E-state index contributed by atoms with van der Waals surface area (Å²) < 4.78 is 39.2. The summed E-state index contributed by atoms with van der Waals surface area (Å²) in [6.45, 7) is 0. The third-order valence-electron chi connectivity index (χ3n) is 2.40. The molecule has 0 fully saturated rings. The van der Waals surface area contributed by atoms with Crippen LogP contribution in [0.15, 0.2) is 40.8 Å². The fraction of sp³-hybridized carbons (Fsp3) is 0.167. The molecule has 1 N–H and O–H groups in total. The molecule has 0 aliphatic carbocycles. The number of benzene rings is 1. The second kappa shape index (κ2) is 5.49. The molecule has 1 aromatic carbocycles. The maximum absolute atomic E-state index is 12.5. The highest BCUT2D eigenvalue weighted by Gasteiger charge is 2.30. The monoisotopic (exact) mass is 301 g/mol. The number of nitrogens with one attached hydrogen (secondary N) is 1. The summed E-state index contributed by atoms with van der Waals surface area (Å²) >= 11 is 1.25. The summed E-state index contributed by atoms with van der Waals surface area (Å²) in [5.74, 6) is 0. The molecule has 20 heavy (non-hydrogen) atoms. The second-order valence-corrected chi connectivity index (χ2v) is 4.79. The van der Waals surface area contributed by atoms with Crippen LogP contribution in [0.3, 0.4) is 0 Å². The second-order valence-electron chi connectivity index (χ2n) is 3.92. The van der Waals surface area contributed by atoms with Crippen LogP contribution in [0.1, 0.15) is 5.56 Å². The molecule has 0 bridgehead atoms. The topological polar surface area (TPSA) is 46.4 Å². The van der Waals surface area contributed by atoms with Crippen LogP contribution >= 0.6 is 11.3 Å². The smallest absolute Gasteiger partial charge is 0.327 e. The third kappa shape index (κ3) is 3.47. The van der Waals surface area contributed by atoms with Crippen LogP contribution in [-0.4, -0.2) is 10.6 Å². The molecule has 2 aromatic rings. The third-order valence-corrected chi connectivity index (χ3v) is 3.25. The first-order valence-corrected chi connectivity index (χ1v) is 6.37. The first-order valence-electron chi connectivity index (χ1n) is 5.49. The number of alkyl halides is 3. The molecule has 2 amide bonds. The molecule has 106 valence electrons. The van der Waals surface area contributed by atoms with Crippen LogP contribution in [0.4, 0.5) is 23.7 Å². The first-order chi connectivity index (χ1) is 9.36. The fourth-order valence-corrected chi connectivity index (χ4v) is 2.17. The van der Waals surface area contributed by atoms with Gasteiger partial charge in [-0.2, -0.15) is 18.2 Å². The van der Waals surface area contributed by atoms with Gasteiger partial charge in [-0.05, 0) is 18.2 Å². The van der Waals surface area contributed by atoms with Crippen molar-refractivity contribution in [1.82, 2.24) is 4.57 Å². The quantitative estimate of drug-likeness (QED) is 0.863. The molecule has 0 aliphatic rings. The van der Waals surface area contributed by atoms with E-state index in [-0.39, 0.29) is 5.69 Å². The zero-order valence-corrected chi connectivity index (χ0v) is 11.1. The van der Waals surface area contributed by atoms with Crippen molar-refractivity contribution in [2.75, 3.05) is 5.32 Å². The van der Waals surface area contributed by atoms with E-state index in [2.05, 4.69) is 10.3 Å². The minimum atomic E-state index is -4.45. The van der Waals surface area contributed by atoms with Crippen LogP contribution in [0.25, 0.3) is 0 Å². The zero-order chi connectivity index (χ0) is 14.8. The minimum Gasteiger partial charge on any atom is -0.327 e. The molecule has 2 rings (SSSR count). The van der Waals surface area contributed by atoms with Gasteiger partial charge in [-0.25, -0.2) is 4.79 Å². The molecular weight excluding hydrogens is 291 g/mol. The van der Waals surface area contributed by atoms with E-state index in [9.17, 15) is 18.0 Å². The number of nitrogens with zero attached hydrogens (tertiary/aromatic N) is 2. The number of anilines is 1. The summed E-state index contributed by atoms with van der Waals surface area (Å²) in [5.41, 5.74) is -0.773. The number of aryl methyl sites for hydroxylation is 1. The number of thiazole rings is 1. The Morgan fingerprint density at radius 1 is 1.40 bits per heavy atom. The van der Waals surface area contributed by atoms with Gasteiger partial charge in [-0.1, -0.05) is 6.07 Å². The number of carbonyl (C=O) groups excluding carboxylic acids is 1. The number of amides is 2. The van der Waals surface area contributed by atoms with Crippen molar-refractivity contribution in [3.63, 3.8) is 0 Å². The van der Waals surface area contributed by atoms with Gasteiger partial charge in [-0.15, -0.1) is 11.3 Å². The Kier molecular flexibility index (Phi) is 3.93. The lowest BCUT2D eigenvalue weighted by Crippen LogP contribution is -2.16. The molecule has 0 saturated heterocycles. The normalized spacial score (nSPS) is 12.5. The lowest BCUT2D eigenvalue weighted by molar-refractivity contribution is -0.137. The lowest BCUT2D eigenvalue weighted by atomic mass is 10.2. The van der Waals surface area contributed by atoms with Crippen LogP contribution in [-0.2, 0) is 13.2 Å². The highest BCUT2D eigenvalue weighted by Crippen LogP contribution is 2.30. The molecule has 1 aromatic heterocycles. The van der Waals surface area contributed by atoms with Gasteiger partial charge in [0.2, 0.25) is 0 Å². The van der Waals surface area contributed by atoms with Crippen molar-refractivity contribution in [3.8, 4) is 0 Å². The summed E-state index contributed by atoms with van der Waals surface area (Å²) in [7, 11) is 1.72. The van der Waals surface area contributed by atoms with Crippen molar-refractivity contribution in [2.45, 2.75) is 6.18 Å². The predicted molar refractivity (Wildman–Crippen MR) is 69.3 cm³/mol. The van der Waals surface area contributed by atoms with Gasteiger partial charge in [0.05, 0.1) is 5.56 Å². The van der Waals surface area contributed by atoms with Gasteiger partial charge >= 0.3 is 12.2 Å². The molecular formula is C12H10F3N3OS. The number of aromatic nitrogens is 1. The molecule has 0 aliphatic heterocycles. The largest absolute Gasteiger partial charge is 0.416 e. The Bertz CT molecular complexity index is 687. The van der Waals surface area contributed by atoms with Crippen LogP contribution in [0, 0.1) is 0 Å². The van der Waals surface area contributed by atoms with Crippen molar-refractivity contribution < 1.29 is 18.0 Å². The standard InChI is InChI=1S/C12H10F3N3OS/c1-18-5-6-20-11(18)17-10(19)16-9-4-2-3-8(7-9)12(13,14)15/h2-7H,1H3,(H,16,19)/b17-11+. The maximum atomic E-state index is 12.5. The van der Waals surface area contributed by atoms with E-state index < -0.39 is 17.8 Å². The molecule has 4 nitrogen and oxygen atoms in total. The number of urea groups is 1. The van der Waals surface area contributed by atoms with E-state index in [1.165, 1.54) is 23.5 Å². The van der Waals surface area contributed by atoms with Crippen molar-refractivity contribution in [1.29, 1.82) is 0 Å². The number of rotatable bonds is 1. The van der Waals surface area contributed by atoms with E-state index in [0.717, 1.165) is 12.1 Å². The minimum absolute atomic E-state index is 0.0489. The highest BCUT2D eigenvalue weighted by atomic mass is 32.1. The van der Waals surface area contributed by atoms with Gasteiger partial charge in [0.1, 0.15) is 0 Å². The van der Waals surface area contributed by atoms with Crippen molar-refractivity contribution in [2.24, 2.45) is 12.0 Å². The van der Waals surface area contributed by atoms with E-state index in [1.54, 1.807) is 23.2 Å². The Morgan fingerprint density at radius 3 is 2.75 bits per heavy atom. The van der Waals surface area contributed by atoms with Gasteiger partial charge in [0.15, 0.2) is 4.80 Å². The molecule has 8 heteroatoms. The summed E-state index contributed by atoms with van der Waals surface area (Å²) in [6.07, 6.45) is -2.72.